The first-order valence-electron chi connectivity index (χ1n) is 8.02. The van der Waals surface area contributed by atoms with Crippen LogP contribution in [0.3, 0.4) is 0 Å². The van der Waals surface area contributed by atoms with E-state index in [-0.39, 0.29) is 11.6 Å². The van der Waals surface area contributed by atoms with E-state index < -0.39 is 16.2 Å². The summed E-state index contributed by atoms with van der Waals surface area (Å²) in [6.45, 7) is 12.3. The second kappa shape index (κ2) is 5.38. The number of Topliss-reactive ketones (excluding diaryl/α,β-unsaturated/α-hetero) is 2. The van der Waals surface area contributed by atoms with Crippen LogP contribution >= 0.6 is 0 Å². The van der Waals surface area contributed by atoms with Gasteiger partial charge in [0, 0.05) is 10.8 Å². The second-order valence-electron chi connectivity index (χ2n) is 6.03. The van der Waals surface area contributed by atoms with Crippen molar-refractivity contribution >= 4 is 11.6 Å². The standard InChI is InChI=1S/C17H30O2/c1-7-15(8-2)13(18)16(9-3,10-4)17(11-5,12-6)14(15)19/h7-12H2,1-6H3. The lowest BCUT2D eigenvalue weighted by atomic mass is 9.59. The van der Waals surface area contributed by atoms with Gasteiger partial charge in [-0.15, -0.1) is 0 Å². The summed E-state index contributed by atoms with van der Waals surface area (Å²) in [7, 11) is 0. The van der Waals surface area contributed by atoms with Gasteiger partial charge in [-0.25, -0.2) is 0 Å². The van der Waals surface area contributed by atoms with E-state index in [2.05, 4.69) is 27.7 Å². The molecule has 0 unspecified atom stereocenters. The molecule has 0 aromatic heterocycles. The number of ketones is 2. The summed E-state index contributed by atoms with van der Waals surface area (Å²) in [5.41, 5.74) is -1.57. The number of carbonyl (C=O) groups excluding carboxylic acids is 2. The molecule has 0 aliphatic heterocycles. The van der Waals surface area contributed by atoms with E-state index in [1.807, 2.05) is 13.8 Å². The molecule has 0 saturated heterocycles. The highest BCUT2D eigenvalue weighted by Crippen LogP contribution is 2.63. The Morgan fingerprint density at radius 3 is 1.00 bits per heavy atom. The molecule has 1 rings (SSSR count). The van der Waals surface area contributed by atoms with Crippen LogP contribution in [-0.2, 0) is 9.59 Å². The Morgan fingerprint density at radius 1 is 0.579 bits per heavy atom. The van der Waals surface area contributed by atoms with Gasteiger partial charge in [-0.3, -0.25) is 9.59 Å². The average molecular weight is 266 g/mol. The Balaban J connectivity index is 3.62. The van der Waals surface area contributed by atoms with Gasteiger partial charge in [-0.1, -0.05) is 41.5 Å². The van der Waals surface area contributed by atoms with Crippen molar-refractivity contribution in [2.75, 3.05) is 0 Å². The van der Waals surface area contributed by atoms with Gasteiger partial charge < -0.3 is 0 Å². The van der Waals surface area contributed by atoms with E-state index in [0.717, 1.165) is 25.7 Å². The molecule has 1 saturated carbocycles. The molecule has 0 bridgehead atoms. The molecule has 0 heterocycles. The van der Waals surface area contributed by atoms with Gasteiger partial charge in [0.2, 0.25) is 0 Å². The number of carbonyl (C=O) groups is 2. The quantitative estimate of drug-likeness (QED) is 0.661. The van der Waals surface area contributed by atoms with Crippen LogP contribution in [0.1, 0.15) is 80.1 Å². The van der Waals surface area contributed by atoms with Crippen LogP contribution in [0.4, 0.5) is 0 Å². The van der Waals surface area contributed by atoms with Gasteiger partial charge in [0.05, 0.1) is 5.41 Å². The Hall–Kier alpha value is -0.660. The predicted octanol–water partition coefficient (Wildman–Crippen LogP) is 4.56. The molecule has 2 heteroatoms. The summed E-state index contributed by atoms with van der Waals surface area (Å²) < 4.78 is 0. The lowest BCUT2D eigenvalue weighted by Crippen LogP contribution is -2.43. The smallest absolute Gasteiger partial charge is 0.153 e. The maximum Gasteiger partial charge on any atom is 0.153 e. The Morgan fingerprint density at radius 2 is 0.842 bits per heavy atom. The highest BCUT2D eigenvalue weighted by atomic mass is 16.2. The van der Waals surface area contributed by atoms with Crippen molar-refractivity contribution in [1.82, 2.24) is 0 Å². The first-order valence-corrected chi connectivity index (χ1v) is 8.02. The molecule has 1 aliphatic rings. The number of rotatable bonds is 6. The monoisotopic (exact) mass is 266 g/mol. The van der Waals surface area contributed by atoms with E-state index >= 15 is 0 Å². The predicted molar refractivity (Wildman–Crippen MR) is 79.1 cm³/mol. The normalized spacial score (nSPS) is 23.9. The third-order valence-electron chi connectivity index (χ3n) is 6.28. The zero-order valence-corrected chi connectivity index (χ0v) is 13.6. The fourth-order valence-corrected chi connectivity index (χ4v) is 4.84. The lowest BCUT2D eigenvalue weighted by molar-refractivity contribution is -0.138. The van der Waals surface area contributed by atoms with Crippen molar-refractivity contribution in [2.45, 2.75) is 80.1 Å². The van der Waals surface area contributed by atoms with Crippen LogP contribution in [0.5, 0.6) is 0 Å². The first-order chi connectivity index (χ1) is 8.92. The third kappa shape index (κ3) is 1.61. The summed E-state index contributed by atoms with van der Waals surface area (Å²) in [6, 6.07) is 0. The fraction of sp³-hybridized carbons (Fsp3) is 0.882. The van der Waals surface area contributed by atoms with Gasteiger partial charge in [0.25, 0.3) is 0 Å². The second-order valence-corrected chi connectivity index (χ2v) is 6.03. The van der Waals surface area contributed by atoms with Crippen LogP contribution in [0.15, 0.2) is 0 Å². The minimum absolute atomic E-state index is 0.240. The largest absolute Gasteiger partial charge is 0.298 e. The molecule has 0 spiro atoms. The van der Waals surface area contributed by atoms with E-state index in [4.69, 9.17) is 0 Å². The van der Waals surface area contributed by atoms with Crippen LogP contribution in [0, 0.1) is 16.2 Å². The minimum Gasteiger partial charge on any atom is -0.298 e. The Kier molecular flexibility index (Phi) is 4.64. The molecular formula is C17H30O2. The van der Waals surface area contributed by atoms with Gasteiger partial charge in [-0.05, 0) is 38.5 Å². The lowest BCUT2D eigenvalue weighted by Gasteiger charge is -2.41. The van der Waals surface area contributed by atoms with E-state index in [1.165, 1.54) is 0 Å². The topological polar surface area (TPSA) is 34.1 Å². The molecule has 1 fully saturated rings. The van der Waals surface area contributed by atoms with Crippen molar-refractivity contribution in [3.63, 3.8) is 0 Å². The fourth-order valence-electron chi connectivity index (χ4n) is 4.84. The summed E-state index contributed by atoms with van der Waals surface area (Å²) >= 11 is 0. The molecule has 0 radical (unpaired) electrons. The highest BCUT2D eigenvalue weighted by Gasteiger charge is 2.70. The minimum atomic E-state index is -0.710. The van der Waals surface area contributed by atoms with Crippen LogP contribution in [0.25, 0.3) is 0 Å². The van der Waals surface area contributed by atoms with Gasteiger partial charge in [0.15, 0.2) is 11.6 Å². The molecule has 2 nitrogen and oxygen atoms in total. The molecule has 19 heavy (non-hydrogen) atoms. The molecule has 0 atom stereocenters. The van der Waals surface area contributed by atoms with Gasteiger partial charge in [0.1, 0.15) is 0 Å². The Bertz CT molecular complexity index is 323. The molecule has 0 aromatic carbocycles. The summed E-state index contributed by atoms with van der Waals surface area (Å²) in [5.74, 6) is 0.479. The molecule has 110 valence electrons. The first kappa shape index (κ1) is 16.4. The zero-order valence-electron chi connectivity index (χ0n) is 13.6. The van der Waals surface area contributed by atoms with Crippen LogP contribution in [0.2, 0.25) is 0 Å². The Labute approximate surface area is 118 Å². The van der Waals surface area contributed by atoms with Crippen molar-refractivity contribution < 1.29 is 9.59 Å². The highest BCUT2D eigenvalue weighted by molar-refractivity contribution is 6.19. The maximum atomic E-state index is 13.2. The maximum absolute atomic E-state index is 13.2. The van der Waals surface area contributed by atoms with E-state index in [1.54, 1.807) is 0 Å². The van der Waals surface area contributed by atoms with E-state index in [0.29, 0.717) is 12.8 Å². The van der Waals surface area contributed by atoms with Crippen molar-refractivity contribution in [2.24, 2.45) is 16.2 Å². The summed E-state index contributed by atoms with van der Waals surface area (Å²) in [5, 5.41) is 0. The third-order valence-corrected chi connectivity index (χ3v) is 6.28. The molecule has 0 amide bonds. The number of hydrogen-bond acceptors (Lipinski definition) is 2. The van der Waals surface area contributed by atoms with Gasteiger partial charge in [-0.2, -0.15) is 0 Å². The molecular weight excluding hydrogens is 236 g/mol. The van der Waals surface area contributed by atoms with Crippen molar-refractivity contribution in [3.8, 4) is 0 Å². The van der Waals surface area contributed by atoms with E-state index in [9.17, 15) is 9.59 Å². The summed E-state index contributed by atoms with van der Waals surface area (Å²) in [6.07, 6.45) is 4.47. The van der Waals surface area contributed by atoms with Crippen molar-refractivity contribution in [3.05, 3.63) is 0 Å². The average Bonchev–Trinajstić information content (AvgIpc) is 2.61. The van der Waals surface area contributed by atoms with Crippen LogP contribution in [-0.4, -0.2) is 11.6 Å². The number of hydrogen-bond donors (Lipinski definition) is 0. The van der Waals surface area contributed by atoms with Crippen LogP contribution < -0.4 is 0 Å². The SMILES string of the molecule is CCC1(CC)C(=O)C(CC)(CC)C(CC)(CC)C1=O. The molecule has 1 aliphatic carbocycles. The van der Waals surface area contributed by atoms with Crippen molar-refractivity contribution in [1.29, 1.82) is 0 Å². The molecule has 0 N–H and O–H groups in total. The summed E-state index contributed by atoms with van der Waals surface area (Å²) in [4.78, 5) is 26.4. The zero-order chi connectivity index (χ0) is 14.9. The van der Waals surface area contributed by atoms with Gasteiger partial charge >= 0.3 is 0 Å². The molecule has 0 aromatic rings.